The third-order valence-electron chi connectivity index (χ3n) is 8.08. The first-order chi connectivity index (χ1) is 21.6. The number of benzene rings is 2. The highest BCUT2D eigenvalue weighted by molar-refractivity contribution is 6.10. The minimum Gasteiger partial charge on any atom is -0.398 e. The quantitative estimate of drug-likeness (QED) is 0.274. The largest absolute Gasteiger partial charge is 0.398 e. The molecule has 0 spiro atoms. The molecule has 1 aliphatic heterocycles. The first-order valence-corrected chi connectivity index (χ1v) is 15.3. The smallest absolute Gasteiger partial charge is 0.0702 e. The summed E-state index contributed by atoms with van der Waals surface area (Å²) in [6.45, 7) is 4.48. The van der Waals surface area contributed by atoms with E-state index in [1.54, 1.807) is 0 Å². The second kappa shape index (κ2) is 13.8. The summed E-state index contributed by atoms with van der Waals surface area (Å²) in [7, 11) is 0. The highest BCUT2D eigenvalue weighted by atomic mass is 14.7. The van der Waals surface area contributed by atoms with E-state index in [9.17, 15) is 0 Å². The van der Waals surface area contributed by atoms with E-state index in [1.807, 2.05) is 60.9 Å². The molecule has 1 aromatic heterocycles. The predicted octanol–water partition coefficient (Wildman–Crippen LogP) is 9.73. The van der Waals surface area contributed by atoms with E-state index < -0.39 is 0 Å². The van der Waals surface area contributed by atoms with Crippen molar-refractivity contribution in [2.45, 2.75) is 25.7 Å². The van der Waals surface area contributed by atoms with Crippen molar-refractivity contribution >= 4 is 17.0 Å². The molecule has 0 fully saturated rings. The molecule has 1 unspecified atom stereocenters. The molecule has 0 saturated carbocycles. The predicted molar refractivity (Wildman–Crippen MR) is 187 cm³/mol. The number of allylic oxidation sites excluding steroid dienone is 15. The zero-order chi connectivity index (χ0) is 30.1. The zero-order valence-electron chi connectivity index (χ0n) is 24.9. The molecule has 6 rings (SSSR count). The Morgan fingerprint density at radius 2 is 1.70 bits per heavy atom. The molecule has 2 heterocycles. The van der Waals surface area contributed by atoms with Crippen molar-refractivity contribution in [3.8, 4) is 11.3 Å². The van der Waals surface area contributed by atoms with Gasteiger partial charge in [0.25, 0.3) is 0 Å². The summed E-state index contributed by atoms with van der Waals surface area (Å²) in [6, 6.07) is 22.7. The van der Waals surface area contributed by atoms with Gasteiger partial charge in [0.1, 0.15) is 0 Å². The number of nitrogens with zero attached hydrogens (tertiary/aromatic N) is 2. The average molecular weight is 572 g/mol. The number of aliphatic imine (C=N–C) groups is 1. The summed E-state index contributed by atoms with van der Waals surface area (Å²) in [5.74, 6) is 0.237. The van der Waals surface area contributed by atoms with Crippen LogP contribution in [-0.4, -0.2) is 10.7 Å². The molecule has 2 N–H and O–H groups in total. The van der Waals surface area contributed by atoms with Gasteiger partial charge in [0.15, 0.2) is 0 Å². The minimum absolute atomic E-state index is 0.237. The molecule has 0 amide bonds. The van der Waals surface area contributed by atoms with Crippen LogP contribution in [0, 0.1) is 5.92 Å². The molecule has 0 saturated heterocycles. The fourth-order valence-electron chi connectivity index (χ4n) is 5.63. The first kappa shape index (κ1) is 28.8. The van der Waals surface area contributed by atoms with E-state index in [0.29, 0.717) is 5.70 Å². The van der Waals surface area contributed by atoms with Crippen molar-refractivity contribution in [1.29, 1.82) is 0 Å². The fourth-order valence-corrected chi connectivity index (χ4v) is 5.63. The highest BCUT2D eigenvalue weighted by Gasteiger charge is 2.15. The molecule has 2 aliphatic carbocycles. The van der Waals surface area contributed by atoms with Gasteiger partial charge in [-0.1, -0.05) is 97.7 Å². The van der Waals surface area contributed by atoms with Gasteiger partial charge >= 0.3 is 0 Å². The molecule has 0 bridgehead atoms. The van der Waals surface area contributed by atoms with Gasteiger partial charge in [0, 0.05) is 35.1 Å². The maximum atomic E-state index is 6.72. The van der Waals surface area contributed by atoms with E-state index >= 15 is 0 Å². The van der Waals surface area contributed by atoms with Crippen molar-refractivity contribution in [3.63, 3.8) is 0 Å². The molecular formula is C41H37N3. The van der Waals surface area contributed by atoms with Crippen LogP contribution < -0.4 is 5.73 Å². The van der Waals surface area contributed by atoms with E-state index in [1.165, 1.54) is 11.1 Å². The number of hydrogen-bond acceptors (Lipinski definition) is 3. The molecule has 3 heteroatoms. The van der Waals surface area contributed by atoms with Crippen LogP contribution in [0.2, 0.25) is 0 Å². The molecule has 44 heavy (non-hydrogen) atoms. The normalized spacial score (nSPS) is 18.4. The molecule has 1 atom stereocenters. The summed E-state index contributed by atoms with van der Waals surface area (Å²) >= 11 is 0. The third kappa shape index (κ3) is 7.02. The molecule has 3 aliphatic rings. The van der Waals surface area contributed by atoms with Gasteiger partial charge in [0.2, 0.25) is 0 Å². The second-order valence-corrected chi connectivity index (χ2v) is 11.2. The fraction of sp³-hybridized carbons (Fsp3) is 0.122. The van der Waals surface area contributed by atoms with E-state index in [0.717, 1.165) is 70.5 Å². The van der Waals surface area contributed by atoms with Crippen LogP contribution in [0.4, 0.5) is 0 Å². The Morgan fingerprint density at radius 3 is 2.48 bits per heavy atom. The van der Waals surface area contributed by atoms with Crippen molar-refractivity contribution in [2.24, 2.45) is 16.6 Å². The van der Waals surface area contributed by atoms with Crippen LogP contribution in [-0.2, 0) is 0 Å². The Bertz CT molecular complexity index is 1810. The van der Waals surface area contributed by atoms with Crippen LogP contribution >= 0.6 is 0 Å². The van der Waals surface area contributed by atoms with Crippen LogP contribution in [0.25, 0.3) is 22.5 Å². The minimum atomic E-state index is 0.237. The van der Waals surface area contributed by atoms with Gasteiger partial charge in [-0.3, -0.25) is 9.98 Å². The number of hydrogen-bond donors (Lipinski definition) is 1. The van der Waals surface area contributed by atoms with Gasteiger partial charge in [-0.15, -0.1) is 0 Å². The summed E-state index contributed by atoms with van der Waals surface area (Å²) in [6.07, 6.45) is 31.8. The van der Waals surface area contributed by atoms with Crippen LogP contribution in [0.5, 0.6) is 0 Å². The lowest BCUT2D eigenvalue weighted by Crippen LogP contribution is -2.03. The summed E-state index contributed by atoms with van der Waals surface area (Å²) in [4.78, 5) is 9.70. The lowest BCUT2D eigenvalue weighted by atomic mass is 9.89. The number of nitrogens with two attached hydrogens (primary N) is 1. The molecule has 3 nitrogen and oxygen atoms in total. The third-order valence-corrected chi connectivity index (χ3v) is 8.08. The standard InChI is InChI=1S/C41H37N3/c1-30(31-14-5-2-6-15-31)24-35(28-39(42)33-18-9-4-10-19-33)36-25-37(40-21-11-12-23-43-40)27-38(26-36)41-22-13-20-34(29-44-41)32-16-7-3-8-17-32/h2,4-7,9-14,16-19,21-29,31H,1,3,8,15,20,42H2/b35-24+,39-28-. The average Bonchev–Trinajstić information content (AvgIpc) is 3.36. The molecular weight excluding hydrogens is 534 g/mol. The second-order valence-electron chi connectivity index (χ2n) is 11.2. The van der Waals surface area contributed by atoms with Gasteiger partial charge < -0.3 is 5.73 Å². The van der Waals surface area contributed by atoms with E-state index in [-0.39, 0.29) is 5.92 Å². The topological polar surface area (TPSA) is 51.3 Å². The maximum absolute atomic E-state index is 6.72. The molecule has 2 aromatic carbocycles. The lowest BCUT2D eigenvalue weighted by molar-refractivity contribution is 0.790. The summed E-state index contributed by atoms with van der Waals surface area (Å²) in [5.41, 5.74) is 17.8. The van der Waals surface area contributed by atoms with Gasteiger partial charge in [-0.05, 0) is 102 Å². The number of pyridine rings is 1. The Hall–Kier alpha value is -5.28. The van der Waals surface area contributed by atoms with Crippen LogP contribution in [0.3, 0.4) is 0 Å². The Kier molecular flexibility index (Phi) is 9.04. The maximum Gasteiger partial charge on any atom is 0.0702 e. The van der Waals surface area contributed by atoms with Crippen molar-refractivity contribution < 1.29 is 0 Å². The van der Waals surface area contributed by atoms with E-state index in [4.69, 9.17) is 15.7 Å². The zero-order valence-corrected chi connectivity index (χ0v) is 24.9. The molecule has 0 radical (unpaired) electrons. The van der Waals surface area contributed by atoms with Crippen molar-refractivity contribution in [2.75, 3.05) is 0 Å². The molecule has 3 aromatic rings. The molecule has 216 valence electrons. The SMILES string of the molecule is C=C(/C=C(\C=C(/N)c1ccccc1)c1cc(C2=NC=C(C3=CCCC=C3)CC=C2)cc(-c2ccccn2)c1)C1C=CC=CC1. The lowest BCUT2D eigenvalue weighted by Gasteiger charge is -2.16. The van der Waals surface area contributed by atoms with Gasteiger partial charge in [0.05, 0.1) is 11.4 Å². The van der Waals surface area contributed by atoms with Crippen molar-refractivity contribution in [1.82, 2.24) is 4.98 Å². The number of aromatic nitrogens is 1. The monoisotopic (exact) mass is 571 g/mol. The Labute approximate surface area is 261 Å². The Morgan fingerprint density at radius 1 is 0.841 bits per heavy atom. The van der Waals surface area contributed by atoms with Crippen LogP contribution in [0.15, 0.2) is 174 Å². The Balaban J connectivity index is 1.48. The van der Waals surface area contributed by atoms with Gasteiger partial charge in [-0.25, -0.2) is 0 Å². The van der Waals surface area contributed by atoms with E-state index in [2.05, 4.69) is 91.6 Å². The van der Waals surface area contributed by atoms with Gasteiger partial charge in [-0.2, -0.15) is 0 Å². The van der Waals surface area contributed by atoms with Crippen molar-refractivity contribution in [3.05, 3.63) is 186 Å². The number of rotatable bonds is 8. The first-order valence-electron chi connectivity index (χ1n) is 15.3. The summed E-state index contributed by atoms with van der Waals surface area (Å²) < 4.78 is 0. The highest BCUT2D eigenvalue weighted by Crippen LogP contribution is 2.31. The van der Waals surface area contributed by atoms with Crippen LogP contribution in [0.1, 0.15) is 42.4 Å². The summed E-state index contributed by atoms with van der Waals surface area (Å²) in [5, 5.41) is 0.